The minimum Gasteiger partial charge on any atom is -0.304 e. The summed E-state index contributed by atoms with van der Waals surface area (Å²) >= 11 is 0. The lowest BCUT2D eigenvalue weighted by molar-refractivity contribution is -0.386. The quantitative estimate of drug-likeness (QED) is 0.675. The maximum absolute atomic E-state index is 11.1. The van der Waals surface area contributed by atoms with Crippen molar-refractivity contribution in [3.8, 4) is 0 Å². The SMILES string of the molecule is Cc1cnc(CNC(C)c2cccnc2)c(C)c1[N+](=O)[O-]. The maximum atomic E-state index is 11.1. The molecule has 0 radical (unpaired) electrons. The minimum atomic E-state index is -0.347. The van der Waals surface area contributed by atoms with Gasteiger partial charge in [-0.3, -0.25) is 20.1 Å². The van der Waals surface area contributed by atoms with Crippen molar-refractivity contribution in [1.29, 1.82) is 0 Å². The van der Waals surface area contributed by atoms with Crippen LogP contribution in [0.25, 0.3) is 0 Å². The molecule has 110 valence electrons. The Morgan fingerprint density at radius 1 is 1.38 bits per heavy atom. The number of nitrogens with one attached hydrogen (secondary N) is 1. The highest BCUT2D eigenvalue weighted by Crippen LogP contribution is 2.24. The molecule has 2 heterocycles. The van der Waals surface area contributed by atoms with E-state index in [1.54, 1.807) is 32.4 Å². The molecule has 0 spiro atoms. The molecule has 0 saturated carbocycles. The molecule has 2 rings (SSSR count). The van der Waals surface area contributed by atoms with E-state index in [1.165, 1.54) is 0 Å². The van der Waals surface area contributed by atoms with Crippen molar-refractivity contribution in [2.75, 3.05) is 0 Å². The predicted octanol–water partition coefficient (Wildman–Crippen LogP) is 2.85. The molecule has 0 saturated heterocycles. The highest BCUT2D eigenvalue weighted by Gasteiger charge is 2.18. The third kappa shape index (κ3) is 3.41. The lowest BCUT2D eigenvalue weighted by atomic mass is 10.1. The fraction of sp³-hybridized carbons (Fsp3) is 0.333. The van der Waals surface area contributed by atoms with E-state index in [0.29, 0.717) is 23.4 Å². The fourth-order valence-corrected chi connectivity index (χ4v) is 2.22. The van der Waals surface area contributed by atoms with Crippen LogP contribution in [0, 0.1) is 24.0 Å². The molecule has 0 aliphatic carbocycles. The molecule has 1 unspecified atom stereocenters. The van der Waals surface area contributed by atoms with Crippen LogP contribution in [-0.4, -0.2) is 14.9 Å². The van der Waals surface area contributed by atoms with Gasteiger partial charge < -0.3 is 5.32 Å². The van der Waals surface area contributed by atoms with Crippen LogP contribution in [0.4, 0.5) is 5.69 Å². The summed E-state index contributed by atoms with van der Waals surface area (Å²) in [4.78, 5) is 19.1. The standard InChI is InChI=1S/C15H18N4O2/c1-10-7-18-14(11(2)15(10)19(20)21)9-17-12(3)13-5-4-6-16-8-13/h4-8,12,17H,9H2,1-3H3. The van der Waals surface area contributed by atoms with Gasteiger partial charge in [-0.2, -0.15) is 0 Å². The van der Waals surface area contributed by atoms with Crippen molar-refractivity contribution in [1.82, 2.24) is 15.3 Å². The second-order valence-corrected chi connectivity index (χ2v) is 5.01. The van der Waals surface area contributed by atoms with Gasteiger partial charge in [0.05, 0.1) is 10.6 Å². The highest BCUT2D eigenvalue weighted by atomic mass is 16.6. The molecule has 1 N–H and O–H groups in total. The number of hydrogen-bond acceptors (Lipinski definition) is 5. The summed E-state index contributed by atoms with van der Waals surface area (Å²) in [6.07, 6.45) is 5.08. The van der Waals surface area contributed by atoms with E-state index in [4.69, 9.17) is 0 Å². The van der Waals surface area contributed by atoms with Gasteiger partial charge in [-0.15, -0.1) is 0 Å². The van der Waals surface area contributed by atoms with Crippen LogP contribution >= 0.6 is 0 Å². The first-order chi connectivity index (χ1) is 10.0. The van der Waals surface area contributed by atoms with E-state index < -0.39 is 0 Å². The largest absolute Gasteiger partial charge is 0.304 e. The van der Waals surface area contributed by atoms with Crippen LogP contribution < -0.4 is 5.32 Å². The number of nitro groups is 1. The first-order valence-corrected chi connectivity index (χ1v) is 6.73. The third-order valence-corrected chi connectivity index (χ3v) is 3.52. The van der Waals surface area contributed by atoms with Gasteiger partial charge in [-0.05, 0) is 32.4 Å². The summed E-state index contributed by atoms with van der Waals surface area (Å²) in [6.45, 7) is 5.94. The second kappa shape index (κ2) is 6.41. The second-order valence-electron chi connectivity index (χ2n) is 5.01. The normalized spacial score (nSPS) is 12.1. The van der Waals surface area contributed by atoms with Crippen LogP contribution in [0.15, 0.2) is 30.7 Å². The van der Waals surface area contributed by atoms with Crippen molar-refractivity contribution in [3.63, 3.8) is 0 Å². The summed E-state index contributed by atoms with van der Waals surface area (Å²) in [5.41, 5.74) is 3.11. The monoisotopic (exact) mass is 286 g/mol. The Hall–Kier alpha value is -2.34. The zero-order valence-electron chi connectivity index (χ0n) is 12.3. The molecule has 0 bridgehead atoms. The van der Waals surface area contributed by atoms with Crippen LogP contribution in [0.2, 0.25) is 0 Å². The Balaban J connectivity index is 2.14. The van der Waals surface area contributed by atoms with E-state index in [0.717, 1.165) is 5.56 Å². The average Bonchev–Trinajstić information content (AvgIpc) is 2.46. The summed E-state index contributed by atoms with van der Waals surface area (Å²) < 4.78 is 0. The molecule has 21 heavy (non-hydrogen) atoms. The Kier molecular flexibility index (Phi) is 4.59. The zero-order chi connectivity index (χ0) is 15.4. The van der Waals surface area contributed by atoms with Crippen LogP contribution in [0.3, 0.4) is 0 Å². The first-order valence-electron chi connectivity index (χ1n) is 6.73. The van der Waals surface area contributed by atoms with E-state index in [-0.39, 0.29) is 16.7 Å². The van der Waals surface area contributed by atoms with Crippen molar-refractivity contribution in [3.05, 3.63) is 63.2 Å². The Bertz CT molecular complexity index is 644. The Morgan fingerprint density at radius 2 is 2.14 bits per heavy atom. The van der Waals surface area contributed by atoms with E-state index >= 15 is 0 Å². The number of rotatable bonds is 5. The Labute approximate surface area is 123 Å². The van der Waals surface area contributed by atoms with E-state index in [2.05, 4.69) is 15.3 Å². The van der Waals surface area contributed by atoms with Crippen molar-refractivity contribution < 1.29 is 4.92 Å². The van der Waals surface area contributed by atoms with E-state index in [1.807, 2.05) is 19.1 Å². The number of pyridine rings is 2. The summed E-state index contributed by atoms with van der Waals surface area (Å²) in [5, 5.41) is 14.4. The molecule has 2 aromatic rings. The topological polar surface area (TPSA) is 81.0 Å². The van der Waals surface area contributed by atoms with Gasteiger partial charge in [0.2, 0.25) is 0 Å². The number of hydrogen-bond donors (Lipinski definition) is 1. The number of aromatic nitrogens is 2. The minimum absolute atomic E-state index is 0.0975. The molecule has 0 aromatic carbocycles. The highest BCUT2D eigenvalue weighted by molar-refractivity contribution is 5.47. The molecule has 1 atom stereocenters. The molecule has 0 aliphatic rings. The zero-order valence-corrected chi connectivity index (χ0v) is 12.3. The molecular formula is C15H18N4O2. The molecule has 6 nitrogen and oxygen atoms in total. The lowest BCUT2D eigenvalue weighted by Gasteiger charge is -2.14. The molecule has 0 amide bonds. The Morgan fingerprint density at radius 3 is 2.76 bits per heavy atom. The summed E-state index contributed by atoms with van der Waals surface area (Å²) in [6, 6.07) is 3.97. The molecule has 2 aromatic heterocycles. The molecule has 0 aliphatic heterocycles. The molecule has 6 heteroatoms. The van der Waals surface area contributed by atoms with Gasteiger partial charge in [0.1, 0.15) is 0 Å². The van der Waals surface area contributed by atoms with Gasteiger partial charge in [0.15, 0.2) is 0 Å². The van der Waals surface area contributed by atoms with Crippen molar-refractivity contribution in [2.45, 2.75) is 33.4 Å². The van der Waals surface area contributed by atoms with Gasteiger partial charge in [-0.25, -0.2) is 0 Å². The van der Waals surface area contributed by atoms with Gasteiger partial charge in [0.25, 0.3) is 5.69 Å². The van der Waals surface area contributed by atoms with Gasteiger partial charge in [0, 0.05) is 42.3 Å². The smallest absolute Gasteiger partial charge is 0.278 e. The van der Waals surface area contributed by atoms with E-state index in [9.17, 15) is 10.1 Å². The molecule has 0 fully saturated rings. The summed E-state index contributed by atoms with van der Waals surface area (Å²) in [7, 11) is 0. The van der Waals surface area contributed by atoms with Crippen LogP contribution in [0.1, 0.15) is 35.3 Å². The van der Waals surface area contributed by atoms with Crippen LogP contribution in [-0.2, 0) is 6.54 Å². The molecular weight excluding hydrogens is 268 g/mol. The maximum Gasteiger partial charge on any atom is 0.278 e. The number of aryl methyl sites for hydroxylation is 1. The first kappa shape index (κ1) is 15.1. The van der Waals surface area contributed by atoms with Gasteiger partial charge in [-0.1, -0.05) is 6.07 Å². The fourth-order valence-electron chi connectivity index (χ4n) is 2.22. The third-order valence-electron chi connectivity index (χ3n) is 3.52. The lowest BCUT2D eigenvalue weighted by Crippen LogP contribution is -2.20. The van der Waals surface area contributed by atoms with Crippen LogP contribution in [0.5, 0.6) is 0 Å². The predicted molar refractivity (Wildman–Crippen MR) is 79.9 cm³/mol. The number of nitrogens with zero attached hydrogens (tertiary/aromatic N) is 3. The van der Waals surface area contributed by atoms with Crippen molar-refractivity contribution in [2.24, 2.45) is 0 Å². The average molecular weight is 286 g/mol. The summed E-state index contributed by atoms with van der Waals surface area (Å²) in [5.74, 6) is 0. The van der Waals surface area contributed by atoms with Gasteiger partial charge >= 0.3 is 0 Å². The van der Waals surface area contributed by atoms with Crippen molar-refractivity contribution >= 4 is 5.69 Å².